The number of pyridine rings is 1. The number of hydrogen-bond acceptors (Lipinski definition) is 3. The van der Waals surface area contributed by atoms with Gasteiger partial charge in [0.05, 0.1) is 0 Å². The molecular formula is C13H22ClN3. The van der Waals surface area contributed by atoms with Crippen LogP contribution >= 0.6 is 11.6 Å². The molecule has 0 spiro atoms. The molecule has 1 aromatic rings. The van der Waals surface area contributed by atoms with E-state index in [9.17, 15) is 0 Å². The van der Waals surface area contributed by atoms with Crippen molar-refractivity contribution in [2.45, 2.75) is 27.7 Å². The van der Waals surface area contributed by atoms with E-state index in [1.807, 2.05) is 6.07 Å². The molecule has 0 aromatic carbocycles. The first-order valence-electron chi connectivity index (χ1n) is 6.07. The summed E-state index contributed by atoms with van der Waals surface area (Å²) in [6, 6.07) is 3.46. The van der Waals surface area contributed by atoms with Crippen molar-refractivity contribution in [1.82, 2.24) is 4.98 Å². The maximum atomic E-state index is 5.86. The number of nitrogen functional groups attached to an aromatic ring is 1. The fourth-order valence-electron chi connectivity index (χ4n) is 2.07. The van der Waals surface area contributed by atoms with E-state index in [0.717, 1.165) is 12.4 Å². The summed E-state index contributed by atoms with van der Waals surface area (Å²) in [4.78, 5) is 4.20. The molecule has 0 amide bonds. The van der Waals surface area contributed by atoms with E-state index in [-0.39, 0.29) is 0 Å². The number of hydrogen-bond donors (Lipinski definition) is 2. The molecule has 0 bridgehead atoms. The second kappa shape index (κ2) is 6.10. The predicted molar refractivity (Wildman–Crippen MR) is 75.3 cm³/mol. The maximum absolute atomic E-state index is 5.86. The first-order chi connectivity index (χ1) is 7.90. The average Bonchev–Trinajstić information content (AvgIpc) is 2.14. The molecule has 0 saturated carbocycles. The number of aromatic nitrogens is 1. The van der Waals surface area contributed by atoms with E-state index in [1.165, 1.54) is 0 Å². The molecule has 0 aliphatic carbocycles. The Morgan fingerprint density at radius 3 is 2.29 bits per heavy atom. The molecule has 17 heavy (non-hydrogen) atoms. The van der Waals surface area contributed by atoms with Crippen LogP contribution in [0.4, 0.5) is 11.5 Å². The van der Waals surface area contributed by atoms with Crippen LogP contribution in [0, 0.1) is 17.8 Å². The van der Waals surface area contributed by atoms with Crippen molar-refractivity contribution in [3.63, 3.8) is 0 Å². The minimum Gasteiger partial charge on any atom is -0.399 e. The van der Waals surface area contributed by atoms with E-state index in [2.05, 4.69) is 38.0 Å². The van der Waals surface area contributed by atoms with Crippen molar-refractivity contribution < 1.29 is 0 Å². The van der Waals surface area contributed by atoms with Gasteiger partial charge < -0.3 is 11.1 Å². The Balaban J connectivity index is 2.65. The third-order valence-electron chi connectivity index (χ3n) is 3.05. The Hall–Kier alpha value is -0.960. The maximum Gasteiger partial charge on any atom is 0.133 e. The molecule has 0 aliphatic rings. The molecular weight excluding hydrogens is 234 g/mol. The SMILES string of the molecule is CC(C)C(CNc1cc(N)cc(Cl)n1)C(C)C. The van der Waals surface area contributed by atoms with Crippen LogP contribution in [0.15, 0.2) is 12.1 Å². The van der Waals surface area contributed by atoms with Gasteiger partial charge in [0.2, 0.25) is 0 Å². The second-order valence-corrected chi connectivity index (χ2v) is 5.53. The number of anilines is 2. The van der Waals surface area contributed by atoms with Gasteiger partial charge in [-0.2, -0.15) is 0 Å². The van der Waals surface area contributed by atoms with Crippen LogP contribution in [0.25, 0.3) is 0 Å². The molecule has 1 heterocycles. The zero-order chi connectivity index (χ0) is 13.0. The predicted octanol–water partition coefficient (Wildman–Crippen LogP) is 3.66. The molecule has 0 unspecified atom stereocenters. The van der Waals surface area contributed by atoms with E-state index in [4.69, 9.17) is 17.3 Å². The van der Waals surface area contributed by atoms with Gasteiger partial charge in [-0.05, 0) is 23.8 Å². The fraction of sp³-hybridized carbons (Fsp3) is 0.615. The number of nitrogens with zero attached hydrogens (tertiary/aromatic N) is 1. The smallest absolute Gasteiger partial charge is 0.133 e. The minimum absolute atomic E-state index is 0.429. The lowest BCUT2D eigenvalue weighted by molar-refractivity contribution is 0.304. The lowest BCUT2D eigenvalue weighted by Crippen LogP contribution is -2.24. The molecule has 3 nitrogen and oxygen atoms in total. The number of halogens is 1. The largest absolute Gasteiger partial charge is 0.399 e. The van der Waals surface area contributed by atoms with Crippen LogP contribution in [0.2, 0.25) is 5.15 Å². The zero-order valence-corrected chi connectivity index (χ0v) is 11.8. The molecule has 1 aromatic heterocycles. The van der Waals surface area contributed by atoms with Crippen molar-refractivity contribution in [2.24, 2.45) is 17.8 Å². The molecule has 3 N–H and O–H groups in total. The number of rotatable bonds is 5. The number of nitrogens with two attached hydrogens (primary N) is 1. The van der Waals surface area contributed by atoms with Crippen molar-refractivity contribution in [2.75, 3.05) is 17.6 Å². The summed E-state index contributed by atoms with van der Waals surface area (Å²) in [5.74, 6) is 2.64. The van der Waals surface area contributed by atoms with E-state index < -0.39 is 0 Å². The topological polar surface area (TPSA) is 50.9 Å². The van der Waals surface area contributed by atoms with Crippen LogP contribution in [-0.2, 0) is 0 Å². The fourth-order valence-corrected chi connectivity index (χ4v) is 2.29. The van der Waals surface area contributed by atoms with E-state index >= 15 is 0 Å². The zero-order valence-electron chi connectivity index (χ0n) is 11.0. The van der Waals surface area contributed by atoms with Gasteiger partial charge in [0.25, 0.3) is 0 Å². The van der Waals surface area contributed by atoms with Gasteiger partial charge in [-0.1, -0.05) is 39.3 Å². The minimum atomic E-state index is 0.429. The summed E-state index contributed by atoms with van der Waals surface area (Å²) in [5, 5.41) is 3.74. The highest BCUT2D eigenvalue weighted by Crippen LogP contribution is 2.22. The third-order valence-corrected chi connectivity index (χ3v) is 3.24. The van der Waals surface area contributed by atoms with Crippen LogP contribution in [-0.4, -0.2) is 11.5 Å². The Labute approximate surface area is 109 Å². The highest BCUT2D eigenvalue weighted by atomic mass is 35.5. The van der Waals surface area contributed by atoms with Gasteiger partial charge >= 0.3 is 0 Å². The molecule has 0 saturated heterocycles. The standard InChI is InChI=1S/C13H22ClN3/c1-8(2)11(9(3)4)7-16-13-6-10(15)5-12(14)17-13/h5-6,8-9,11H,7H2,1-4H3,(H3,15,16,17). The Morgan fingerprint density at radius 2 is 1.82 bits per heavy atom. The van der Waals surface area contributed by atoms with Crippen molar-refractivity contribution in [3.05, 3.63) is 17.3 Å². The van der Waals surface area contributed by atoms with Crippen molar-refractivity contribution in [1.29, 1.82) is 0 Å². The van der Waals surface area contributed by atoms with Gasteiger partial charge in [0, 0.05) is 18.3 Å². The summed E-state index contributed by atoms with van der Waals surface area (Å²) in [7, 11) is 0. The summed E-state index contributed by atoms with van der Waals surface area (Å²) in [6.45, 7) is 9.86. The van der Waals surface area contributed by atoms with E-state index in [0.29, 0.717) is 28.6 Å². The van der Waals surface area contributed by atoms with Gasteiger partial charge in [-0.15, -0.1) is 0 Å². The molecule has 0 aliphatic heterocycles. The van der Waals surface area contributed by atoms with Crippen LogP contribution in [0.1, 0.15) is 27.7 Å². The first kappa shape index (κ1) is 14.1. The van der Waals surface area contributed by atoms with Crippen molar-refractivity contribution >= 4 is 23.1 Å². The molecule has 0 fully saturated rings. The third kappa shape index (κ3) is 4.43. The second-order valence-electron chi connectivity index (χ2n) is 5.14. The monoisotopic (exact) mass is 255 g/mol. The highest BCUT2D eigenvalue weighted by molar-refractivity contribution is 6.29. The Bertz CT molecular complexity index is 335. The highest BCUT2D eigenvalue weighted by Gasteiger charge is 2.17. The summed E-state index contributed by atoms with van der Waals surface area (Å²) in [6.07, 6.45) is 0. The molecule has 0 atom stereocenters. The van der Waals surface area contributed by atoms with Gasteiger partial charge in [0.1, 0.15) is 11.0 Å². The number of nitrogens with one attached hydrogen (secondary N) is 1. The summed E-state index contributed by atoms with van der Waals surface area (Å²) < 4.78 is 0. The molecule has 0 radical (unpaired) electrons. The van der Waals surface area contributed by atoms with Gasteiger partial charge in [-0.3, -0.25) is 0 Å². The normalized spacial score (nSPS) is 11.5. The van der Waals surface area contributed by atoms with Crippen LogP contribution in [0.3, 0.4) is 0 Å². The molecule has 4 heteroatoms. The Kier molecular flexibility index (Phi) is 5.06. The van der Waals surface area contributed by atoms with Crippen molar-refractivity contribution in [3.8, 4) is 0 Å². The lowest BCUT2D eigenvalue weighted by Gasteiger charge is -2.25. The van der Waals surface area contributed by atoms with Gasteiger partial charge in [-0.25, -0.2) is 4.98 Å². The Morgan fingerprint density at radius 1 is 1.24 bits per heavy atom. The van der Waals surface area contributed by atoms with Crippen LogP contribution in [0.5, 0.6) is 0 Å². The molecule has 96 valence electrons. The lowest BCUT2D eigenvalue weighted by atomic mass is 9.85. The first-order valence-corrected chi connectivity index (χ1v) is 6.45. The van der Waals surface area contributed by atoms with E-state index in [1.54, 1.807) is 6.07 Å². The summed E-state index contributed by atoms with van der Waals surface area (Å²) >= 11 is 5.86. The average molecular weight is 256 g/mol. The summed E-state index contributed by atoms with van der Waals surface area (Å²) in [5.41, 5.74) is 6.36. The van der Waals surface area contributed by atoms with Crippen LogP contribution < -0.4 is 11.1 Å². The molecule has 1 rings (SSSR count). The van der Waals surface area contributed by atoms with Gasteiger partial charge in [0.15, 0.2) is 0 Å². The quantitative estimate of drug-likeness (QED) is 0.790.